The van der Waals surface area contributed by atoms with E-state index in [0.717, 1.165) is 21.2 Å². The van der Waals surface area contributed by atoms with Crippen molar-refractivity contribution >= 4 is 41.4 Å². The Balaban J connectivity index is 1.85. The maximum absolute atomic E-state index is 10.7. The standard InChI is InChI=1S/C20H21O9PS/c1-24-17-9-13(10-18(25-2)20(17)26-3)4-5-14-8-16(15-6-7-31-19(15)11-14)27-12-28-29-30(21,22)23/h4-11H,12H2,1-3H3,(H2,21,22,23)/b5-4-. The van der Waals surface area contributed by atoms with Crippen LogP contribution >= 0.6 is 19.2 Å². The molecule has 0 spiro atoms. The number of hydrogen-bond acceptors (Lipinski definition) is 8. The summed E-state index contributed by atoms with van der Waals surface area (Å²) >= 11 is 1.53. The molecule has 0 unspecified atom stereocenters. The SMILES string of the molecule is COc1cc(/C=C\c2cc(OCOOP(=O)(O)O)c3ccsc3c2)cc(OC)c1OC. The zero-order valence-corrected chi connectivity index (χ0v) is 18.6. The van der Waals surface area contributed by atoms with Crippen LogP contribution in [0.3, 0.4) is 0 Å². The molecular weight excluding hydrogens is 447 g/mol. The second kappa shape index (κ2) is 10.1. The summed E-state index contributed by atoms with van der Waals surface area (Å²) < 4.78 is 37.2. The fraction of sp³-hybridized carbons (Fsp3) is 0.200. The number of phosphoric acid groups is 1. The van der Waals surface area contributed by atoms with Crippen molar-refractivity contribution < 1.29 is 42.9 Å². The van der Waals surface area contributed by atoms with Crippen molar-refractivity contribution in [2.75, 3.05) is 28.1 Å². The Bertz CT molecular complexity index is 1090. The summed E-state index contributed by atoms with van der Waals surface area (Å²) in [5.74, 6) is 2.08. The third-order valence-corrected chi connectivity index (χ3v) is 5.29. The number of thiophene rings is 1. The number of benzene rings is 2. The molecule has 0 fully saturated rings. The zero-order chi connectivity index (χ0) is 22.4. The van der Waals surface area contributed by atoms with Crippen molar-refractivity contribution in [1.29, 1.82) is 0 Å². The van der Waals surface area contributed by atoms with Crippen LogP contribution in [0, 0.1) is 0 Å². The second-order valence-electron chi connectivity index (χ2n) is 6.09. The molecule has 0 aliphatic rings. The summed E-state index contributed by atoms with van der Waals surface area (Å²) in [5, 5.41) is 2.76. The molecule has 0 atom stereocenters. The fourth-order valence-electron chi connectivity index (χ4n) is 2.84. The molecule has 3 rings (SSSR count). The minimum absolute atomic E-state index is 0.484. The Morgan fingerprint density at radius 1 is 0.935 bits per heavy atom. The number of hydrogen-bond donors (Lipinski definition) is 2. The Morgan fingerprint density at radius 2 is 1.55 bits per heavy atom. The van der Waals surface area contributed by atoms with Crippen LogP contribution in [0.5, 0.6) is 23.0 Å². The molecule has 31 heavy (non-hydrogen) atoms. The van der Waals surface area contributed by atoms with Gasteiger partial charge in [-0.2, -0.15) is 4.89 Å². The molecule has 0 aliphatic heterocycles. The normalized spacial score (nSPS) is 11.8. The summed E-state index contributed by atoms with van der Waals surface area (Å²) in [4.78, 5) is 21.7. The van der Waals surface area contributed by atoms with Crippen LogP contribution in [-0.2, 0) is 14.1 Å². The highest BCUT2D eigenvalue weighted by Gasteiger charge is 2.16. The van der Waals surface area contributed by atoms with E-state index in [0.29, 0.717) is 23.0 Å². The fourth-order valence-corrected chi connectivity index (χ4v) is 3.87. The van der Waals surface area contributed by atoms with Crippen molar-refractivity contribution in [2.24, 2.45) is 0 Å². The van der Waals surface area contributed by atoms with Crippen molar-refractivity contribution in [2.45, 2.75) is 0 Å². The molecule has 0 aliphatic carbocycles. The van der Waals surface area contributed by atoms with Crippen LogP contribution in [-0.4, -0.2) is 37.9 Å². The van der Waals surface area contributed by atoms with Gasteiger partial charge in [0.15, 0.2) is 11.5 Å². The summed E-state index contributed by atoms with van der Waals surface area (Å²) in [7, 11) is -0.0879. The van der Waals surface area contributed by atoms with Crippen molar-refractivity contribution in [3.8, 4) is 23.0 Å². The van der Waals surface area contributed by atoms with Gasteiger partial charge in [-0.25, -0.2) is 4.57 Å². The van der Waals surface area contributed by atoms with Crippen molar-refractivity contribution in [3.05, 3.63) is 46.8 Å². The molecule has 0 radical (unpaired) electrons. The maximum atomic E-state index is 10.7. The largest absolute Gasteiger partial charge is 0.497 e. The van der Waals surface area contributed by atoms with Crippen LogP contribution in [0.25, 0.3) is 22.2 Å². The van der Waals surface area contributed by atoms with E-state index >= 15 is 0 Å². The van der Waals surface area contributed by atoms with Crippen molar-refractivity contribution in [1.82, 2.24) is 0 Å². The molecular formula is C20H21O9PS. The molecule has 1 heterocycles. The Hall–Kier alpha value is -2.59. The monoisotopic (exact) mass is 468 g/mol. The van der Waals surface area contributed by atoms with Gasteiger partial charge in [-0.1, -0.05) is 12.2 Å². The van der Waals surface area contributed by atoms with E-state index in [1.54, 1.807) is 27.4 Å². The first-order valence-corrected chi connectivity index (χ1v) is 11.2. The van der Waals surface area contributed by atoms with Gasteiger partial charge in [0.05, 0.1) is 21.3 Å². The Labute approximate surface area is 182 Å². The van der Waals surface area contributed by atoms with E-state index in [1.165, 1.54) is 11.3 Å². The molecule has 11 heteroatoms. The molecule has 166 valence electrons. The first-order chi connectivity index (χ1) is 14.8. The van der Waals surface area contributed by atoms with Crippen LogP contribution in [0.4, 0.5) is 0 Å². The Morgan fingerprint density at radius 3 is 2.13 bits per heavy atom. The average Bonchev–Trinajstić information content (AvgIpc) is 3.22. The summed E-state index contributed by atoms with van der Waals surface area (Å²) in [6, 6.07) is 9.31. The summed E-state index contributed by atoms with van der Waals surface area (Å²) in [5.41, 5.74) is 1.68. The van der Waals surface area contributed by atoms with Crippen LogP contribution in [0.1, 0.15) is 11.1 Å². The van der Waals surface area contributed by atoms with Gasteiger partial charge in [-0.15, -0.1) is 16.0 Å². The predicted octanol–water partition coefficient (Wildman–Crippen LogP) is 4.47. The smallest absolute Gasteiger partial charge is 0.493 e. The van der Waals surface area contributed by atoms with Gasteiger partial charge in [0.25, 0.3) is 0 Å². The van der Waals surface area contributed by atoms with Crippen LogP contribution in [0.2, 0.25) is 0 Å². The molecule has 1 aromatic heterocycles. The van der Waals surface area contributed by atoms with E-state index in [4.69, 9.17) is 28.7 Å². The molecule has 0 saturated heterocycles. The molecule has 2 aromatic carbocycles. The minimum Gasteiger partial charge on any atom is -0.493 e. The number of fused-ring (bicyclic) bond motifs is 1. The number of rotatable bonds is 10. The lowest BCUT2D eigenvalue weighted by atomic mass is 10.1. The molecule has 9 nitrogen and oxygen atoms in total. The average molecular weight is 468 g/mol. The lowest BCUT2D eigenvalue weighted by molar-refractivity contribution is -0.258. The Kier molecular flexibility index (Phi) is 7.55. The summed E-state index contributed by atoms with van der Waals surface area (Å²) in [6.07, 6.45) is 3.77. The minimum atomic E-state index is -4.74. The number of ether oxygens (including phenoxy) is 4. The van der Waals surface area contributed by atoms with E-state index in [9.17, 15) is 4.57 Å². The quantitative estimate of drug-likeness (QED) is 0.111. The highest BCUT2D eigenvalue weighted by Crippen LogP contribution is 2.39. The van der Waals surface area contributed by atoms with Crippen molar-refractivity contribution in [3.63, 3.8) is 0 Å². The van der Waals surface area contributed by atoms with Gasteiger partial charge in [0, 0.05) is 10.1 Å². The van der Waals surface area contributed by atoms with E-state index in [1.807, 2.05) is 41.8 Å². The molecule has 0 amide bonds. The van der Waals surface area contributed by atoms with E-state index in [2.05, 4.69) is 9.56 Å². The van der Waals surface area contributed by atoms with Gasteiger partial charge >= 0.3 is 7.82 Å². The molecule has 3 aromatic rings. The molecule has 0 saturated carbocycles. The summed E-state index contributed by atoms with van der Waals surface area (Å²) in [6.45, 7) is -0.490. The van der Waals surface area contributed by atoms with Gasteiger partial charge in [0.1, 0.15) is 5.75 Å². The van der Waals surface area contributed by atoms with Gasteiger partial charge in [-0.05, 0) is 46.8 Å². The van der Waals surface area contributed by atoms with E-state index < -0.39 is 14.6 Å². The highest BCUT2D eigenvalue weighted by molar-refractivity contribution is 7.46. The topological polar surface area (TPSA) is 113 Å². The predicted molar refractivity (Wildman–Crippen MR) is 117 cm³/mol. The van der Waals surface area contributed by atoms with E-state index in [-0.39, 0.29) is 0 Å². The third kappa shape index (κ3) is 5.98. The van der Waals surface area contributed by atoms with Crippen LogP contribution in [0.15, 0.2) is 35.7 Å². The second-order valence-corrected chi connectivity index (χ2v) is 8.17. The van der Waals surface area contributed by atoms with Gasteiger partial charge in [0.2, 0.25) is 12.5 Å². The first-order valence-electron chi connectivity index (χ1n) is 8.83. The number of methoxy groups -OCH3 is 3. The lowest BCUT2D eigenvalue weighted by Crippen LogP contribution is -2.03. The maximum Gasteiger partial charge on any atom is 0.497 e. The lowest BCUT2D eigenvalue weighted by Gasteiger charge is -2.13. The molecule has 2 N–H and O–H groups in total. The zero-order valence-electron chi connectivity index (χ0n) is 16.9. The van der Waals surface area contributed by atoms with Gasteiger partial charge in [-0.3, -0.25) is 0 Å². The van der Waals surface area contributed by atoms with Gasteiger partial charge < -0.3 is 28.7 Å². The van der Waals surface area contributed by atoms with Crippen LogP contribution < -0.4 is 18.9 Å². The highest BCUT2D eigenvalue weighted by atomic mass is 32.1. The third-order valence-electron chi connectivity index (χ3n) is 4.12. The first kappa shape index (κ1) is 23.1. The molecule has 0 bridgehead atoms.